The molecular formula is C18H36O3Si. The number of hydrogen-bond donors (Lipinski definition) is 0. The lowest BCUT2D eigenvalue weighted by molar-refractivity contribution is -0.154. The predicted octanol–water partition coefficient (Wildman–Crippen LogP) is 5.16. The number of carbonyl (C=O) groups excluding carboxylic acids is 1. The molecule has 0 bridgehead atoms. The van der Waals surface area contributed by atoms with Gasteiger partial charge in [0.2, 0.25) is 0 Å². The summed E-state index contributed by atoms with van der Waals surface area (Å²) in [7, 11) is -0.350. The van der Waals surface area contributed by atoms with E-state index in [-0.39, 0.29) is 23.0 Å². The summed E-state index contributed by atoms with van der Waals surface area (Å²) in [5.41, 5.74) is 0. The second-order valence-corrected chi connectivity index (χ2v) is 13.1. The first-order valence-corrected chi connectivity index (χ1v) is 11.8. The van der Waals surface area contributed by atoms with E-state index >= 15 is 0 Å². The summed E-state index contributed by atoms with van der Waals surface area (Å²) in [6, 6.07) is 0. The molecule has 0 aromatic rings. The maximum atomic E-state index is 12.4. The van der Waals surface area contributed by atoms with Crippen molar-refractivity contribution in [2.75, 3.05) is 7.11 Å². The van der Waals surface area contributed by atoms with Crippen molar-refractivity contribution in [2.45, 2.75) is 90.5 Å². The van der Waals surface area contributed by atoms with Gasteiger partial charge >= 0.3 is 5.97 Å². The van der Waals surface area contributed by atoms with Crippen molar-refractivity contribution in [3.05, 3.63) is 0 Å². The van der Waals surface area contributed by atoms with Crippen LogP contribution < -0.4 is 0 Å². The van der Waals surface area contributed by atoms with E-state index in [0.29, 0.717) is 5.92 Å². The molecule has 0 radical (unpaired) electrons. The maximum absolute atomic E-state index is 12.4. The molecule has 0 aromatic heterocycles. The Balaban J connectivity index is 2.92. The van der Waals surface area contributed by atoms with E-state index in [2.05, 4.69) is 40.8 Å². The van der Waals surface area contributed by atoms with Gasteiger partial charge in [0.1, 0.15) is 0 Å². The van der Waals surface area contributed by atoms with Crippen LogP contribution in [0.25, 0.3) is 0 Å². The van der Waals surface area contributed by atoms with Crippen LogP contribution in [0.4, 0.5) is 0 Å². The van der Waals surface area contributed by atoms with Crippen LogP contribution in [-0.2, 0) is 14.0 Å². The highest BCUT2D eigenvalue weighted by molar-refractivity contribution is 6.74. The Morgan fingerprint density at radius 1 is 1.23 bits per heavy atom. The van der Waals surface area contributed by atoms with Crippen molar-refractivity contribution < 1.29 is 14.0 Å². The molecule has 0 aromatic carbocycles. The van der Waals surface area contributed by atoms with E-state index in [4.69, 9.17) is 9.16 Å². The molecule has 1 rings (SSSR count). The molecule has 0 saturated heterocycles. The van der Waals surface area contributed by atoms with Gasteiger partial charge in [-0.25, -0.2) is 0 Å². The molecule has 4 heteroatoms. The molecule has 0 amide bonds. The number of carbonyl (C=O) groups is 1. The quantitative estimate of drug-likeness (QED) is 0.499. The van der Waals surface area contributed by atoms with E-state index in [9.17, 15) is 4.79 Å². The Morgan fingerprint density at radius 2 is 1.86 bits per heavy atom. The number of hydrogen-bond acceptors (Lipinski definition) is 3. The van der Waals surface area contributed by atoms with Crippen molar-refractivity contribution in [3.8, 4) is 0 Å². The van der Waals surface area contributed by atoms with Crippen molar-refractivity contribution in [1.82, 2.24) is 0 Å². The Labute approximate surface area is 138 Å². The fraction of sp³-hybridized carbons (Fsp3) is 0.944. The SMILES string of the molecule is CCCC[C@H]1CCC[C@H](O[Si](C)(C)C(C)(C)C)[C@@H]1C(=O)OC. The zero-order valence-electron chi connectivity index (χ0n) is 15.7. The van der Waals surface area contributed by atoms with Gasteiger partial charge in [0.25, 0.3) is 0 Å². The molecule has 0 unspecified atom stereocenters. The van der Waals surface area contributed by atoms with Crippen molar-refractivity contribution in [2.24, 2.45) is 11.8 Å². The molecule has 22 heavy (non-hydrogen) atoms. The molecule has 1 aliphatic carbocycles. The van der Waals surface area contributed by atoms with Crippen molar-refractivity contribution >= 4 is 14.3 Å². The zero-order valence-corrected chi connectivity index (χ0v) is 16.7. The van der Waals surface area contributed by atoms with Gasteiger partial charge in [0.15, 0.2) is 8.32 Å². The zero-order chi connectivity index (χ0) is 17.0. The molecule has 130 valence electrons. The highest BCUT2D eigenvalue weighted by Gasteiger charge is 2.45. The lowest BCUT2D eigenvalue weighted by Crippen LogP contribution is -2.50. The number of rotatable bonds is 6. The molecular weight excluding hydrogens is 292 g/mol. The summed E-state index contributed by atoms with van der Waals surface area (Å²) in [6.45, 7) is 13.5. The van der Waals surface area contributed by atoms with E-state index in [1.165, 1.54) is 26.4 Å². The van der Waals surface area contributed by atoms with Crippen LogP contribution >= 0.6 is 0 Å². The highest BCUT2D eigenvalue weighted by Crippen LogP contribution is 2.42. The summed E-state index contributed by atoms with van der Waals surface area (Å²) < 4.78 is 11.8. The Kier molecular flexibility index (Phi) is 7.12. The average Bonchev–Trinajstić information content (AvgIpc) is 2.42. The molecule has 1 fully saturated rings. The number of unbranched alkanes of at least 4 members (excludes halogenated alkanes) is 1. The first-order valence-electron chi connectivity index (χ1n) is 8.89. The minimum atomic E-state index is -1.86. The Bertz CT molecular complexity index is 360. The Hall–Kier alpha value is -0.353. The minimum Gasteiger partial charge on any atom is -0.469 e. The van der Waals surface area contributed by atoms with Crippen LogP contribution in [0.5, 0.6) is 0 Å². The average molecular weight is 329 g/mol. The lowest BCUT2D eigenvalue weighted by atomic mass is 9.75. The molecule has 0 spiro atoms. The standard InChI is InChI=1S/C18H36O3Si/c1-8-9-11-14-12-10-13-15(16(14)17(19)20-5)21-22(6,7)18(2,3)4/h14-16H,8-13H2,1-7H3/t14-,15-,16+/m0/s1. The summed E-state index contributed by atoms with van der Waals surface area (Å²) in [5.74, 6) is 0.292. The van der Waals surface area contributed by atoms with E-state index in [1.54, 1.807) is 0 Å². The van der Waals surface area contributed by atoms with Crippen molar-refractivity contribution in [3.63, 3.8) is 0 Å². The van der Waals surface area contributed by atoms with Gasteiger partial charge in [0, 0.05) is 0 Å². The lowest BCUT2D eigenvalue weighted by Gasteiger charge is -2.44. The number of esters is 1. The molecule has 3 nitrogen and oxygen atoms in total. The summed E-state index contributed by atoms with van der Waals surface area (Å²) >= 11 is 0. The summed E-state index contributed by atoms with van der Waals surface area (Å²) in [5, 5.41) is 0.171. The van der Waals surface area contributed by atoms with E-state index in [1.807, 2.05) is 0 Å². The maximum Gasteiger partial charge on any atom is 0.311 e. The van der Waals surface area contributed by atoms with E-state index < -0.39 is 8.32 Å². The number of methoxy groups -OCH3 is 1. The van der Waals surface area contributed by atoms with Crippen LogP contribution in [0.1, 0.15) is 66.2 Å². The van der Waals surface area contributed by atoms with Gasteiger partial charge in [-0.05, 0) is 43.3 Å². The third-order valence-electron chi connectivity index (χ3n) is 5.63. The largest absolute Gasteiger partial charge is 0.469 e. The normalized spacial score (nSPS) is 26.8. The van der Waals surface area contributed by atoms with Crippen LogP contribution in [-0.4, -0.2) is 27.5 Å². The smallest absolute Gasteiger partial charge is 0.311 e. The fourth-order valence-corrected chi connectivity index (χ4v) is 4.58. The van der Waals surface area contributed by atoms with Gasteiger partial charge in [-0.2, -0.15) is 0 Å². The molecule has 0 heterocycles. The highest BCUT2D eigenvalue weighted by atomic mass is 28.4. The van der Waals surface area contributed by atoms with Gasteiger partial charge in [0.05, 0.1) is 19.1 Å². The summed E-state index contributed by atoms with van der Waals surface area (Å²) in [6.07, 6.45) is 6.83. The first-order chi connectivity index (χ1) is 10.1. The molecule has 1 aliphatic rings. The third-order valence-corrected chi connectivity index (χ3v) is 10.1. The van der Waals surface area contributed by atoms with Crippen LogP contribution in [0.2, 0.25) is 18.1 Å². The number of ether oxygens (including phenoxy) is 1. The fourth-order valence-electron chi connectivity index (χ4n) is 3.20. The second-order valence-electron chi connectivity index (χ2n) is 8.30. The summed E-state index contributed by atoms with van der Waals surface area (Å²) in [4.78, 5) is 12.4. The monoisotopic (exact) mass is 328 g/mol. The van der Waals surface area contributed by atoms with Gasteiger partial charge in [-0.1, -0.05) is 47.0 Å². The van der Waals surface area contributed by atoms with Crippen LogP contribution in [0.3, 0.4) is 0 Å². The molecule has 3 atom stereocenters. The van der Waals surface area contributed by atoms with Gasteiger partial charge in [-0.3, -0.25) is 4.79 Å². The van der Waals surface area contributed by atoms with Crippen LogP contribution in [0.15, 0.2) is 0 Å². The van der Waals surface area contributed by atoms with Gasteiger partial charge in [-0.15, -0.1) is 0 Å². The van der Waals surface area contributed by atoms with Crippen LogP contribution in [0, 0.1) is 11.8 Å². The topological polar surface area (TPSA) is 35.5 Å². The minimum absolute atomic E-state index is 0.0453. The molecule has 1 saturated carbocycles. The molecule has 0 aliphatic heterocycles. The van der Waals surface area contributed by atoms with Gasteiger partial charge < -0.3 is 9.16 Å². The second kappa shape index (κ2) is 7.96. The van der Waals surface area contributed by atoms with E-state index in [0.717, 1.165) is 19.3 Å². The predicted molar refractivity (Wildman–Crippen MR) is 94.4 cm³/mol. The van der Waals surface area contributed by atoms with Crippen molar-refractivity contribution in [1.29, 1.82) is 0 Å². The third kappa shape index (κ3) is 4.82. The first kappa shape index (κ1) is 19.7. The molecule has 0 N–H and O–H groups in total. The Morgan fingerprint density at radius 3 is 2.36 bits per heavy atom.